The molecule has 13 heavy (non-hydrogen) atoms. The summed E-state index contributed by atoms with van der Waals surface area (Å²) < 4.78 is 0. The molecule has 1 rings (SSSR count). The van der Waals surface area contributed by atoms with Crippen LogP contribution in [0.15, 0.2) is 0 Å². The highest BCUT2D eigenvalue weighted by Crippen LogP contribution is 1.95. The van der Waals surface area contributed by atoms with Gasteiger partial charge >= 0.3 is 12.0 Å². The van der Waals surface area contributed by atoms with E-state index < -0.39 is 12.0 Å². The lowest BCUT2D eigenvalue weighted by atomic mass is 10.3. The highest BCUT2D eigenvalue weighted by Gasteiger charge is 2.16. The molecule has 0 saturated carbocycles. The summed E-state index contributed by atoms with van der Waals surface area (Å²) >= 11 is 0. The van der Waals surface area contributed by atoms with Gasteiger partial charge in [-0.15, -0.1) is 0 Å². The molecule has 0 aromatic heterocycles. The van der Waals surface area contributed by atoms with Gasteiger partial charge in [-0.05, 0) is 13.0 Å². The van der Waals surface area contributed by atoms with Gasteiger partial charge in [0, 0.05) is 12.6 Å². The number of nitrogens with one attached hydrogen (secondary N) is 3. The van der Waals surface area contributed by atoms with E-state index in [9.17, 15) is 9.59 Å². The predicted molar refractivity (Wildman–Crippen MR) is 45.4 cm³/mol. The Labute approximate surface area is 75.7 Å². The number of carboxylic acids is 1. The number of carbonyl (C=O) groups excluding carboxylic acids is 1. The molecule has 0 aromatic rings. The summed E-state index contributed by atoms with van der Waals surface area (Å²) in [5.41, 5.74) is 0. The lowest BCUT2D eigenvalue weighted by Crippen LogP contribution is -2.44. The monoisotopic (exact) mass is 187 g/mol. The molecular weight excluding hydrogens is 174 g/mol. The fourth-order valence-electron chi connectivity index (χ4n) is 1.17. The molecule has 4 N–H and O–H groups in total. The highest BCUT2D eigenvalue weighted by atomic mass is 16.4. The molecule has 74 valence electrons. The smallest absolute Gasteiger partial charge is 0.323 e. The van der Waals surface area contributed by atoms with Crippen LogP contribution in [0.1, 0.15) is 6.42 Å². The van der Waals surface area contributed by atoms with Crippen LogP contribution in [-0.4, -0.2) is 42.8 Å². The molecule has 6 heteroatoms. The van der Waals surface area contributed by atoms with Crippen molar-refractivity contribution in [2.75, 3.05) is 19.6 Å². The Morgan fingerprint density at radius 2 is 2.31 bits per heavy atom. The second-order valence-corrected chi connectivity index (χ2v) is 2.91. The zero-order valence-corrected chi connectivity index (χ0v) is 7.17. The molecule has 1 unspecified atom stereocenters. The Morgan fingerprint density at radius 3 is 2.85 bits per heavy atom. The third-order valence-electron chi connectivity index (χ3n) is 1.80. The van der Waals surface area contributed by atoms with Crippen LogP contribution in [0.4, 0.5) is 4.79 Å². The summed E-state index contributed by atoms with van der Waals surface area (Å²) in [6.07, 6.45) is 0.889. The minimum Gasteiger partial charge on any atom is -0.480 e. The van der Waals surface area contributed by atoms with E-state index in [0.29, 0.717) is 0 Å². The second kappa shape index (κ2) is 4.66. The molecule has 1 heterocycles. The van der Waals surface area contributed by atoms with Gasteiger partial charge in [-0.25, -0.2) is 4.79 Å². The van der Waals surface area contributed by atoms with E-state index in [0.717, 1.165) is 19.5 Å². The van der Waals surface area contributed by atoms with Crippen LogP contribution in [0.25, 0.3) is 0 Å². The van der Waals surface area contributed by atoms with Crippen molar-refractivity contribution in [3.05, 3.63) is 0 Å². The van der Waals surface area contributed by atoms with Gasteiger partial charge in [-0.2, -0.15) is 0 Å². The third kappa shape index (κ3) is 3.75. The first kappa shape index (κ1) is 9.79. The Bertz CT molecular complexity index is 201. The molecule has 2 amide bonds. The van der Waals surface area contributed by atoms with Crippen molar-refractivity contribution in [2.24, 2.45) is 0 Å². The molecule has 0 radical (unpaired) electrons. The number of hydrogen-bond acceptors (Lipinski definition) is 3. The first-order valence-electron chi connectivity index (χ1n) is 4.15. The largest absolute Gasteiger partial charge is 0.480 e. The minimum atomic E-state index is -1.04. The van der Waals surface area contributed by atoms with Crippen LogP contribution in [-0.2, 0) is 4.79 Å². The molecule has 0 aliphatic carbocycles. The van der Waals surface area contributed by atoms with Crippen molar-refractivity contribution in [1.82, 2.24) is 16.0 Å². The molecule has 0 aromatic carbocycles. The highest BCUT2D eigenvalue weighted by molar-refractivity contribution is 5.79. The van der Waals surface area contributed by atoms with E-state index in [1.807, 2.05) is 0 Å². The van der Waals surface area contributed by atoms with Crippen LogP contribution < -0.4 is 16.0 Å². The average Bonchev–Trinajstić information content (AvgIpc) is 2.53. The number of carboxylic acid groups (broad SMARTS) is 1. The van der Waals surface area contributed by atoms with Crippen molar-refractivity contribution in [3.8, 4) is 0 Å². The molecule has 6 nitrogen and oxygen atoms in total. The minimum absolute atomic E-state index is 0.119. The maximum Gasteiger partial charge on any atom is 0.323 e. The van der Waals surface area contributed by atoms with Crippen molar-refractivity contribution in [1.29, 1.82) is 0 Å². The average molecular weight is 187 g/mol. The Hall–Kier alpha value is -1.30. The second-order valence-electron chi connectivity index (χ2n) is 2.91. The lowest BCUT2D eigenvalue weighted by Gasteiger charge is -2.10. The number of amides is 2. The van der Waals surface area contributed by atoms with Gasteiger partial charge in [0.1, 0.15) is 6.54 Å². The van der Waals surface area contributed by atoms with Gasteiger partial charge < -0.3 is 21.1 Å². The number of carbonyl (C=O) groups is 2. The van der Waals surface area contributed by atoms with Crippen molar-refractivity contribution < 1.29 is 14.7 Å². The number of rotatable bonds is 3. The lowest BCUT2D eigenvalue weighted by molar-refractivity contribution is -0.135. The van der Waals surface area contributed by atoms with E-state index in [4.69, 9.17) is 5.11 Å². The van der Waals surface area contributed by atoms with Crippen LogP contribution in [0, 0.1) is 0 Å². The summed E-state index contributed by atoms with van der Waals surface area (Å²) in [5.74, 6) is -1.04. The third-order valence-corrected chi connectivity index (χ3v) is 1.80. The van der Waals surface area contributed by atoms with Crippen molar-refractivity contribution >= 4 is 12.0 Å². The number of aliphatic carboxylic acids is 1. The molecule has 1 saturated heterocycles. The predicted octanol–water partition coefficient (Wildman–Crippen LogP) is -1.27. The van der Waals surface area contributed by atoms with Gasteiger partial charge in [0.15, 0.2) is 0 Å². The van der Waals surface area contributed by atoms with Crippen LogP contribution >= 0.6 is 0 Å². The normalized spacial score (nSPS) is 21.1. The Morgan fingerprint density at radius 1 is 1.54 bits per heavy atom. The zero-order valence-electron chi connectivity index (χ0n) is 7.17. The molecule has 1 aliphatic heterocycles. The summed E-state index contributed by atoms with van der Waals surface area (Å²) in [5, 5.41) is 16.2. The molecule has 1 aliphatic rings. The maximum absolute atomic E-state index is 11.0. The van der Waals surface area contributed by atoms with Gasteiger partial charge in [0.2, 0.25) is 0 Å². The van der Waals surface area contributed by atoms with Crippen LogP contribution in [0.3, 0.4) is 0 Å². The molecule has 0 spiro atoms. The number of hydrogen-bond donors (Lipinski definition) is 4. The van der Waals surface area contributed by atoms with Gasteiger partial charge in [0.05, 0.1) is 0 Å². The fraction of sp³-hybridized carbons (Fsp3) is 0.714. The first-order valence-corrected chi connectivity index (χ1v) is 4.15. The zero-order chi connectivity index (χ0) is 9.68. The Kier molecular flexibility index (Phi) is 3.51. The summed E-state index contributed by atoms with van der Waals surface area (Å²) in [6.45, 7) is 1.30. The van der Waals surface area contributed by atoms with Crippen LogP contribution in [0.2, 0.25) is 0 Å². The molecule has 1 atom stereocenters. The molecule has 0 bridgehead atoms. The summed E-state index contributed by atoms with van der Waals surface area (Å²) in [7, 11) is 0. The van der Waals surface area contributed by atoms with Gasteiger partial charge in [-0.3, -0.25) is 4.79 Å². The fourth-order valence-corrected chi connectivity index (χ4v) is 1.17. The van der Waals surface area contributed by atoms with Gasteiger partial charge in [0.25, 0.3) is 0 Å². The van der Waals surface area contributed by atoms with E-state index in [2.05, 4.69) is 16.0 Å². The molecule has 1 fully saturated rings. The molecular formula is C7H13N3O3. The topological polar surface area (TPSA) is 90.5 Å². The standard InChI is InChI=1S/C7H13N3O3/c11-6(12)4-9-7(13)10-5-1-2-8-3-5/h5,8H,1-4H2,(H,11,12)(H2,9,10,13). The van der Waals surface area contributed by atoms with E-state index >= 15 is 0 Å². The van der Waals surface area contributed by atoms with Crippen molar-refractivity contribution in [3.63, 3.8) is 0 Å². The summed E-state index contributed by atoms with van der Waals surface area (Å²) in [6, 6.07) is -0.301. The summed E-state index contributed by atoms with van der Waals surface area (Å²) in [4.78, 5) is 21.1. The van der Waals surface area contributed by atoms with E-state index in [-0.39, 0.29) is 12.6 Å². The van der Waals surface area contributed by atoms with Crippen LogP contribution in [0.5, 0.6) is 0 Å². The van der Waals surface area contributed by atoms with E-state index in [1.165, 1.54) is 0 Å². The number of urea groups is 1. The Balaban J connectivity index is 2.13. The van der Waals surface area contributed by atoms with E-state index in [1.54, 1.807) is 0 Å². The van der Waals surface area contributed by atoms with Gasteiger partial charge in [-0.1, -0.05) is 0 Å². The maximum atomic E-state index is 11.0. The first-order chi connectivity index (χ1) is 6.18. The SMILES string of the molecule is O=C(O)CNC(=O)NC1CCNC1. The quantitative estimate of drug-likeness (QED) is 0.443. The van der Waals surface area contributed by atoms with Crippen molar-refractivity contribution in [2.45, 2.75) is 12.5 Å².